The highest BCUT2D eigenvalue weighted by Gasteiger charge is 2.22. The van der Waals surface area contributed by atoms with E-state index in [1.807, 2.05) is 0 Å². The van der Waals surface area contributed by atoms with E-state index in [1.54, 1.807) is 18.2 Å². The summed E-state index contributed by atoms with van der Waals surface area (Å²) in [5.74, 6) is -0.964. The molecule has 112 valence electrons. The lowest BCUT2D eigenvalue weighted by molar-refractivity contribution is -0.139. The lowest BCUT2D eigenvalue weighted by atomic mass is 10.1. The molecule has 1 aromatic carbocycles. The van der Waals surface area contributed by atoms with Gasteiger partial charge in [0, 0.05) is 18.7 Å². The van der Waals surface area contributed by atoms with E-state index in [0.29, 0.717) is 17.1 Å². The molecular weight excluding hydrogens is 299 g/mol. The zero-order chi connectivity index (χ0) is 15.1. The summed E-state index contributed by atoms with van der Waals surface area (Å²) in [4.78, 5) is 13.6. The Morgan fingerprint density at radius 1 is 1.35 bits per heavy atom. The van der Waals surface area contributed by atoms with E-state index in [0.717, 1.165) is 19.6 Å². The largest absolute Gasteiger partial charge is 0.480 e. The van der Waals surface area contributed by atoms with Gasteiger partial charge in [-0.3, -0.25) is 10.1 Å². The molecule has 0 heterocycles. The third-order valence-corrected chi connectivity index (χ3v) is 4.04. The van der Waals surface area contributed by atoms with Gasteiger partial charge in [0.1, 0.15) is 6.04 Å². The lowest BCUT2D eigenvalue weighted by Gasteiger charge is -2.21. The van der Waals surface area contributed by atoms with E-state index in [9.17, 15) is 9.90 Å². The predicted octanol–water partition coefficient (Wildman–Crippen LogP) is 3.05. The Morgan fingerprint density at radius 2 is 2.00 bits per heavy atom. The number of hydrogen-bond acceptors (Lipinski definition) is 3. The van der Waals surface area contributed by atoms with Crippen LogP contribution < -0.4 is 5.32 Å². The molecule has 0 aliphatic heterocycles. The van der Waals surface area contributed by atoms with E-state index in [2.05, 4.69) is 24.1 Å². The average Bonchev–Trinajstić information content (AvgIpc) is 2.42. The van der Waals surface area contributed by atoms with Gasteiger partial charge in [0.2, 0.25) is 0 Å². The molecule has 1 aromatic rings. The van der Waals surface area contributed by atoms with Crippen LogP contribution in [0.25, 0.3) is 0 Å². The average molecular weight is 319 g/mol. The van der Waals surface area contributed by atoms with Crippen molar-refractivity contribution in [3.05, 3.63) is 33.8 Å². The first-order valence-corrected chi connectivity index (χ1v) is 7.39. The molecule has 6 heteroatoms. The fraction of sp³-hybridized carbons (Fsp3) is 0.500. The van der Waals surface area contributed by atoms with E-state index >= 15 is 0 Å². The zero-order valence-corrected chi connectivity index (χ0v) is 13.2. The van der Waals surface area contributed by atoms with Crippen LogP contribution in [-0.2, 0) is 4.79 Å². The maximum Gasteiger partial charge on any atom is 0.325 e. The van der Waals surface area contributed by atoms with E-state index in [4.69, 9.17) is 23.2 Å². The Balaban J connectivity index is 2.75. The second-order valence-corrected chi connectivity index (χ2v) is 5.18. The minimum absolute atomic E-state index is 0.289. The number of hydrogen-bond donors (Lipinski definition) is 2. The number of nitrogens with zero attached hydrogens (tertiary/aromatic N) is 1. The minimum atomic E-state index is -0.964. The molecule has 0 fully saturated rings. The topological polar surface area (TPSA) is 52.6 Å². The summed E-state index contributed by atoms with van der Waals surface area (Å²) in [7, 11) is 0. The Hall–Kier alpha value is -0.810. The van der Waals surface area contributed by atoms with Crippen LogP contribution in [0.15, 0.2) is 18.2 Å². The molecule has 0 amide bonds. The maximum atomic E-state index is 11.4. The second-order valence-electron chi connectivity index (χ2n) is 4.40. The molecule has 0 aromatic heterocycles. The van der Waals surface area contributed by atoms with Crippen LogP contribution in [0.1, 0.15) is 25.5 Å². The molecule has 0 aliphatic rings. The summed E-state index contributed by atoms with van der Waals surface area (Å²) < 4.78 is 0. The number of halogens is 2. The van der Waals surface area contributed by atoms with Crippen molar-refractivity contribution in [2.45, 2.75) is 19.9 Å². The molecule has 0 bridgehead atoms. The number of likely N-dealkylation sites (N-methyl/N-ethyl adjacent to an activating group) is 1. The third-order valence-electron chi connectivity index (χ3n) is 3.21. The van der Waals surface area contributed by atoms with E-state index in [1.165, 1.54) is 0 Å². The lowest BCUT2D eigenvalue weighted by Crippen LogP contribution is -2.36. The normalized spacial score (nSPS) is 12.7. The quantitative estimate of drug-likeness (QED) is 0.773. The second kappa shape index (κ2) is 8.47. The SMILES string of the molecule is CCN(CC)CCNC(C(=O)O)c1cccc(Cl)c1Cl. The fourth-order valence-electron chi connectivity index (χ4n) is 1.98. The number of rotatable bonds is 8. The zero-order valence-electron chi connectivity index (χ0n) is 11.7. The molecule has 0 radical (unpaired) electrons. The molecule has 0 saturated carbocycles. The Morgan fingerprint density at radius 3 is 2.55 bits per heavy atom. The van der Waals surface area contributed by atoms with Crippen LogP contribution in [0, 0.1) is 0 Å². The van der Waals surface area contributed by atoms with Crippen LogP contribution in [0.2, 0.25) is 10.0 Å². The summed E-state index contributed by atoms with van der Waals surface area (Å²) in [6.07, 6.45) is 0. The van der Waals surface area contributed by atoms with Gasteiger partial charge in [-0.15, -0.1) is 0 Å². The van der Waals surface area contributed by atoms with Crippen molar-refractivity contribution in [2.75, 3.05) is 26.2 Å². The van der Waals surface area contributed by atoms with Gasteiger partial charge < -0.3 is 10.0 Å². The van der Waals surface area contributed by atoms with Crippen molar-refractivity contribution in [3.63, 3.8) is 0 Å². The van der Waals surface area contributed by atoms with Crippen molar-refractivity contribution >= 4 is 29.2 Å². The van der Waals surface area contributed by atoms with Crippen LogP contribution in [-0.4, -0.2) is 42.2 Å². The molecule has 0 saturated heterocycles. The Labute approximate surface area is 129 Å². The van der Waals surface area contributed by atoms with Crippen LogP contribution in [0.3, 0.4) is 0 Å². The van der Waals surface area contributed by atoms with Crippen molar-refractivity contribution in [2.24, 2.45) is 0 Å². The number of nitrogens with one attached hydrogen (secondary N) is 1. The van der Waals surface area contributed by atoms with Gasteiger partial charge in [-0.2, -0.15) is 0 Å². The van der Waals surface area contributed by atoms with Gasteiger partial charge in [-0.05, 0) is 19.2 Å². The highest BCUT2D eigenvalue weighted by atomic mass is 35.5. The number of carboxylic acid groups (broad SMARTS) is 1. The first-order chi connectivity index (χ1) is 9.51. The smallest absolute Gasteiger partial charge is 0.325 e. The molecule has 20 heavy (non-hydrogen) atoms. The number of benzene rings is 1. The summed E-state index contributed by atoms with van der Waals surface area (Å²) >= 11 is 12.0. The van der Waals surface area contributed by atoms with Crippen molar-refractivity contribution in [1.29, 1.82) is 0 Å². The van der Waals surface area contributed by atoms with Crippen LogP contribution in [0.5, 0.6) is 0 Å². The number of carbonyl (C=O) groups is 1. The molecule has 1 rings (SSSR count). The molecule has 0 spiro atoms. The highest BCUT2D eigenvalue weighted by molar-refractivity contribution is 6.42. The minimum Gasteiger partial charge on any atom is -0.480 e. The van der Waals surface area contributed by atoms with Gasteiger partial charge in [-0.25, -0.2) is 0 Å². The van der Waals surface area contributed by atoms with Gasteiger partial charge in [0.25, 0.3) is 0 Å². The maximum absolute atomic E-state index is 11.4. The Bertz CT molecular complexity index is 451. The van der Waals surface area contributed by atoms with Gasteiger partial charge >= 0.3 is 5.97 Å². The van der Waals surface area contributed by atoms with Crippen molar-refractivity contribution in [3.8, 4) is 0 Å². The highest BCUT2D eigenvalue weighted by Crippen LogP contribution is 2.30. The van der Waals surface area contributed by atoms with Crippen LogP contribution in [0.4, 0.5) is 0 Å². The molecular formula is C14H20Cl2N2O2. The molecule has 1 unspecified atom stereocenters. The third kappa shape index (κ3) is 4.63. The first-order valence-electron chi connectivity index (χ1n) is 6.63. The van der Waals surface area contributed by atoms with E-state index < -0.39 is 12.0 Å². The van der Waals surface area contributed by atoms with Gasteiger partial charge in [0.15, 0.2) is 0 Å². The summed E-state index contributed by atoms with van der Waals surface area (Å²) in [5.41, 5.74) is 0.492. The molecule has 1 atom stereocenters. The molecule has 4 nitrogen and oxygen atoms in total. The van der Waals surface area contributed by atoms with Crippen LogP contribution >= 0.6 is 23.2 Å². The summed E-state index contributed by atoms with van der Waals surface area (Å²) in [6, 6.07) is 4.17. The van der Waals surface area contributed by atoms with Gasteiger partial charge in [-0.1, -0.05) is 49.2 Å². The summed E-state index contributed by atoms with van der Waals surface area (Å²) in [5, 5.41) is 13.0. The standard InChI is InChI=1S/C14H20Cl2N2O2/c1-3-18(4-2)9-8-17-13(14(19)20)10-6-5-7-11(15)12(10)16/h5-7,13,17H,3-4,8-9H2,1-2H3,(H,19,20). The Kier molecular flexibility index (Phi) is 7.30. The number of aliphatic carboxylic acids is 1. The van der Waals surface area contributed by atoms with Crippen molar-refractivity contribution in [1.82, 2.24) is 10.2 Å². The summed E-state index contributed by atoms with van der Waals surface area (Å²) in [6.45, 7) is 7.39. The first kappa shape index (κ1) is 17.2. The number of carboxylic acids is 1. The fourth-order valence-corrected chi connectivity index (χ4v) is 2.40. The monoisotopic (exact) mass is 318 g/mol. The predicted molar refractivity (Wildman–Crippen MR) is 82.6 cm³/mol. The molecule has 2 N–H and O–H groups in total. The van der Waals surface area contributed by atoms with Gasteiger partial charge in [0.05, 0.1) is 10.0 Å². The van der Waals surface area contributed by atoms with Crippen molar-refractivity contribution < 1.29 is 9.90 Å². The van der Waals surface area contributed by atoms with E-state index in [-0.39, 0.29) is 5.02 Å². The molecule has 0 aliphatic carbocycles.